The molecule has 2 aromatic rings. The van der Waals surface area contributed by atoms with Gasteiger partial charge in [0.15, 0.2) is 0 Å². The zero-order chi connectivity index (χ0) is 16.8. The minimum absolute atomic E-state index is 0.288. The smallest absolute Gasteiger partial charge is 0.132 e. The van der Waals surface area contributed by atoms with Crippen LogP contribution in [0, 0.1) is 6.92 Å². The van der Waals surface area contributed by atoms with Gasteiger partial charge in [-0.2, -0.15) is 0 Å². The van der Waals surface area contributed by atoms with Crippen molar-refractivity contribution in [2.75, 3.05) is 30.9 Å². The standard InChI is InChI=1S/C18H24N4O2/c1-13-21-17(19-11-14-5-7-15(23-2)8-6-14)10-18(22-13)20-12-16-4-3-9-24-16/h5-8,10,16H,3-4,9,11-12H2,1-2H3,(H2,19,20,21,22). The van der Waals surface area contributed by atoms with Crippen LogP contribution in [0.3, 0.4) is 0 Å². The lowest BCUT2D eigenvalue weighted by atomic mass is 10.2. The second-order valence-electron chi connectivity index (χ2n) is 5.90. The number of nitrogens with one attached hydrogen (secondary N) is 2. The van der Waals surface area contributed by atoms with Crippen molar-refractivity contribution < 1.29 is 9.47 Å². The molecule has 1 aromatic carbocycles. The number of aryl methyl sites for hydroxylation is 1. The van der Waals surface area contributed by atoms with Gasteiger partial charge in [0.2, 0.25) is 0 Å². The number of nitrogens with zero attached hydrogens (tertiary/aromatic N) is 2. The highest BCUT2D eigenvalue weighted by molar-refractivity contribution is 5.48. The zero-order valence-corrected chi connectivity index (χ0v) is 14.2. The van der Waals surface area contributed by atoms with Crippen molar-refractivity contribution in [2.45, 2.75) is 32.4 Å². The second kappa shape index (κ2) is 7.97. The van der Waals surface area contributed by atoms with Gasteiger partial charge in [0, 0.05) is 25.8 Å². The van der Waals surface area contributed by atoms with Crippen molar-refractivity contribution >= 4 is 11.6 Å². The second-order valence-corrected chi connectivity index (χ2v) is 5.90. The third-order valence-corrected chi connectivity index (χ3v) is 4.01. The average Bonchev–Trinajstić information content (AvgIpc) is 3.12. The van der Waals surface area contributed by atoms with Crippen LogP contribution >= 0.6 is 0 Å². The van der Waals surface area contributed by atoms with E-state index in [9.17, 15) is 0 Å². The lowest BCUT2D eigenvalue weighted by molar-refractivity contribution is 0.120. The first-order chi connectivity index (χ1) is 11.7. The monoisotopic (exact) mass is 328 g/mol. The molecule has 0 radical (unpaired) electrons. The fraction of sp³-hybridized carbons (Fsp3) is 0.444. The first-order valence-corrected chi connectivity index (χ1v) is 8.31. The minimum Gasteiger partial charge on any atom is -0.497 e. The Bertz CT molecular complexity index is 655. The van der Waals surface area contributed by atoms with E-state index in [1.807, 2.05) is 37.3 Å². The Hall–Kier alpha value is -2.34. The molecule has 0 aliphatic carbocycles. The minimum atomic E-state index is 0.288. The van der Waals surface area contributed by atoms with E-state index < -0.39 is 0 Å². The summed E-state index contributed by atoms with van der Waals surface area (Å²) < 4.78 is 10.8. The van der Waals surface area contributed by atoms with E-state index in [1.165, 1.54) is 5.56 Å². The van der Waals surface area contributed by atoms with E-state index >= 15 is 0 Å². The summed E-state index contributed by atoms with van der Waals surface area (Å²) in [6, 6.07) is 9.92. The molecule has 24 heavy (non-hydrogen) atoms. The molecule has 6 heteroatoms. The number of methoxy groups -OCH3 is 1. The number of benzene rings is 1. The maximum Gasteiger partial charge on any atom is 0.132 e. The fourth-order valence-corrected chi connectivity index (χ4v) is 2.71. The van der Waals surface area contributed by atoms with Gasteiger partial charge in [0.25, 0.3) is 0 Å². The summed E-state index contributed by atoms with van der Waals surface area (Å²) in [6.07, 6.45) is 2.54. The van der Waals surface area contributed by atoms with Gasteiger partial charge in [-0.3, -0.25) is 0 Å². The molecule has 2 heterocycles. The van der Waals surface area contributed by atoms with Gasteiger partial charge >= 0.3 is 0 Å². The largest absolute Gasteiger partial charge is 0.497 e. The molecule has 1 saturated heterocycles. The molecule has 3 rings (SSSR count). The molecular weight excluding hydrogens is 304 g/mol. The summed E-state index contributed by atoms with van der Waals surface area (Å²) in [7, 11) is 1.67. The van der Waals surface area contributed by atoms with Gasteiger partial charge in [-0.05, 0) is 37.5 Å². The molecule has 1 atom stereocenters. The van der Waals surface area contributed by atoms with Crippen molar-refractivity contribution in [3.63, 3.8) is 0 Å². The highest BCUT2D eigenvalue weighted by atomic mass is 16.5. The van der Waals surface area contributed by atoms with Crippen LogP contribution < -0.4 is 15.4 Å². The summed E-state index contributed by atoms with van der Waals surface area (Å²) in [6.45, 7) is 4.25. The van der Waals surface area contributed by atoms with Gasteiger partial charge in [-0.25, -0.2) is 9.97 Å². The lowest BCUT2D eigenvalue weighted by Crippen LogP contribution is -2.19. The first kappa shape index (κ1) is 16.5. The highest BCUT2D eigenvalue weighted by Crippen LogP contribution is 2.16. The molecule has 1 aromatic heterocycles. The number of hydrogen-bond acceptors (Lipinski definition) is 6. The van der Waals surface area contributed by atoms with Crippen LogP contribution in [0.1, 0.15) is 24.2 Å². The van der Waals surface area contributed by atoms with Crippen LogP contribution in [-0.4, -0.2) is 36.3 Å². The fourth-order valence-electron chi connectivity index (χ4n) is 2.71. The Morgan fingerprint density at radius 2 is 1.92 bits per heavy atom. The van der Waals surface area contributed by atoms with Crippen molar-refractivity contribution in [3.05, 3.63) is 41.7 Å². The normalized spacial score (nSPS) is 16.8. The van der Waals surface area contributed by atoms with Crippen LogP contribution in [-0.2, 0) is 11.3 Å². The van der Waals surface area contributed by atoms with Gasteiger partial charge in [0.05, 0.1) is 13.2 Å². The molecule has 0 amide bonds. The van der Waals surface area contributed by atoms with Gasteiger partial charge in [0.1, 0.15) is 23.2 Å². The van der Waals surface area contributed by atoms with E-state index in [1.54, 1.807) is 7.11 Å². The number of aromatic nitrogens is 2. The van der Waals surface area contributed by atoms with Crippen LogP contribution in [0.4, 0.5) is 11.6 Å². The predicted molar refractivity (Wildman–Crippen MR) is 94.6 cm³/mol. The predicted octanol–water partition coefficient (Wildman–Crippen LogP) is 3.00. The molecule has 1 fully saturated rings. The van der Waals surface area contributed by atoms with E-state index in [4.69, 9.17) is 9.47 Å². The number of rotatable bonds is 7. The first-order valence-electron chi connectivity index (χ1n) is 8.31. The van der Waals surface area contributed by atoms with E-state index in [-0.39, 0.29) is 6.10 Å². The number of anilines is 2. The van der Waals surface area contributed by atoms with Crippen molar-refractivity contribution in [2.24, 2.45) is 0 Å². The Morgan fingerprint density at radius 1 is 1.17 bits per heavy atom. The summed E-state index contributed by atoms with van der Waals surface area (Å²) in [5, 5.41) is 6.69. The zero-order valence-electron chi connectivity index (χ0n) is 14.2. The maximum absolute atomic E-state index is 5.63. The number of hydrogen-bond donors (Lipinski definition) is 2. The van der Waals surface area contributed by atoms with Gasteiger partial charge < -0.3 is 20.1 Å². The van der Waals surface area contributed by atoms with E-state index in [2.05, 4.69) is 20.6 Å². The van der Waals surface area contributed by atoms with Crippen LogP contribution in [0.5, 0.6) is 5.75 Å². The summed E-state index contributed by atoms with van der Waals surface area (Å²) in [5.41, 5.74) is 1.17. The Labute approximate surface area is 142 Å². The van der Waals surface area contributed by atoms with Gasteiger partial charge in [-0.1, -0.05) is 12.1 Å². The van der Waals surface area contributed by atoms with Crippen molar-refractivity contribution in [3.8, 4) is 5.75 Å². The highest BCUT2D eigenvalue weighted by Gasteiger charge is 2.15. The summed E-state index contributed by atoms with van der Waals surface area (Å²) in [5.74, 6) is 3.24. The lowest BCUT2D eigenvalue weighted by Gasteiger charge is -2.13. The third-order valence-electron chi connectivity index (χ3n) is 4.01. The number of ether oxygens (including phenoxy) is 2. The molecule has 0 bridgehead atoms. The molecule has 6 nitrogen and oxygen atoms in total. The molecule has 1 aliphatic heterocycles. The van der Waals surface area contributed by atoms with Gasteiger partial charge in [-0.15, -0.1) is 0 Å². The maximum atomic E-state index is 5.63. The van der Waals surface area contributed by atoms with Crippen molar-refractivity contribution in [1.29, 1.82) is 0 Å². The molecular formula is C18H24N4O2. The Morgan fingerprint density at radius 3 is 2.58 bits per heavy atom. The summed E-state index contributed by atoms with van der Waals surface area (Å²) in [4.78, 5) is 8.88. The van der Waals surface area contributed by atoms with Crippen LogP contribution in [0.2, 0.25) is 0 Å². The van der Waals surface area contributed by atoms with E-state index in [0.717, 1.165) is 49.2 Å². The molecule has 1 unspecified atom stereocenters. The molecule has 128 valence electrons. The van der Waals surface area contributed by atoms with Crippen LogP contribution in [0.25, 0.3) is 0 Å². The average molecular weight is 328 g/mol. The molecule has 0 saturated carbocycles. The molecule has 1 aliphatic rings. The third kappa shape index (κ3) is 4.58. The molecule has 2 N–H and O–H groups in total. The van der Waals surface area contributed by atoms with E-state index in [0.29, 0.717) is 6.54 Å². The SMILES string of the molecule is COc1ccc(CNc2cc(NCC3CCCO3)nc(C)n2)cc1. The Kier molecular flexibility index (Phi) is 5.48. The Balaban J connectivity index is 1.57. The topological polar surface area (TPSA) is 68.3 Å². The van der Waals surface area contributed by atoms with Crippen LogP contribution in [0.15, 0.2) is 30.3 Å². The molecule has 0 spiro atoms. The van der Waals surface area contributed by atoms with Crippen molar-refractivity contribution in [1.82, 2.24) is 9.97 Å². The summed E-state index contributed by atoms with van der Waals surface area (Å²) >= 11 is 0. The quantitative estimate of drug-likeness (QED) is 0.814.